The number of hydrogen-bond donors (Lipinski definition) is 1. The maximum absolute atomic E-state index is 13.8. The smallest absolute Gasteiger partial charge is 0.408 e. The molecule has 0 aliphatic carbocycles. The molecule has 4 rings (SSSR count). The van der Waals surface area contributed by atoms with Gasteiger partial charge in [0, 0.05) is 26.6 Å². The molecule has 0 radical (unpaired) electrons. The van der Waals surface area contributed by atoms with Crippen molar-refractivity contribution in [1.82, 2.24) is 15.2 Å². The van der Waals surface area contributed by atoms with Crippen molar-refractivity contribution in [2.24, 2.45) is 10.5 Å². The number of nitrogens with one attached hydrogen (secondary N) is 1. The number of piperidine rings is 1. The van der Waals surface area contributed by atoms with Crippen LogP contribution in [0.3, 0.4) is 0 Å². The van der Waals surface area contributed by atoms with Gasteiger partial charge < -0.3 is 19.7 Å². The molecule has 0 saturated carbocycles. The van der Waals surface area contributed by atoms with E-state index in [4.69, 9.17) is 9.47 Å². The molecule has 2 aromatic rings. The molecule has 0 aromatic heterocycles. The van der Waals surface area contributed by atoms with E-state index in [1.165, 1.54) is 29.3 Å². The van der Waals surface area contributed by atoms with Gasteiger partial charge >= 0.3 is 6.09 Å². The molecule has 1 unspecified atom stereocenters. The van der Waals surface area contributed by atoms with Gasteiger partial charge in [-0.2, -0.15) is 5.10 Å². The maximum atomic E-state index is 13.8. The fraction of sp³-hybridized carbons (Fsp3) is 0.429. The lowest BCUT2D eigenvalue weighted by Crippen LogP contribution is -2.60. The highest BCUT2D eigenvalue weighted by Gasteiger charge is 2.54. The number of rotatable bonds is 7. The van der Waals surface area contributed by atoms with Crippen molar-refractivity contribution in [3.8, 4) is 5.75 Å². The lowest BCUT2D eigenvalue weighted by Gasteiger charge is -2.40. The minimum atomic E-state index is -1.10. The molecule has 202 valence electrons. The Balaban J connectivity index is 1.56. The second-order valence-electron chi connectivity index (χ2n) is 10.6. The number of hydrazone groups is 1. The largest absolute Gasteiger partial charge is 0.491 e. The van der Waals surface area contributed by atoms with Crippen LogP contribution in [-0.2, 0) is 20.7 Å². The molecule has 2 atom stereocenters. The van der Waals surface area contributed by atoms with Gasteiger partial charge in [0.15, 0.2) is 0 Å². The first-order chi connectivity index (χ1) is 18.0. The van der Waals surface area contributed by atoms with Crippen LogP contribution in [0.1, 0.15) is 32.8 Å². The minimum absolute atomic E-state index is 0.117. The highest BCUT2D eigenvalue weighted by atomic mass is 19.1. The van der Waals surface area contributed by atoms with Gasteiger partial charge in [0.2, 0.25) is 5.91 Å². The van der Waals surface area contributed by atoms with E-state index >= 15 is 0 Å². The van der Waals surface area contributed by atoms with E-state index in [2.05, 4.69) is 10.4 Å². The van der Waals surface area contributed by atoms with Gasteiger partial charge in [0.25, 0.3) is 5.91 Å². The Bertz CT molecular complexity index is 1210. The Morgan fingerprint density at radius 1 is 1.13 bits per heavy atom. The van der Waals surface area contributed by atoms with Crippen molar-refractivity contribution in [3.63, 3.8) is 0 Å². The number of nitrogens with zero attached hydrogens (tertiary/aromatic N) is 3. The molecule has 10 heteroatoms. The Kier molecular flexibility index (Phi) is 7.71. The van der Waals surface area contributed by atoms with E-state index in [0.29, 0.717) is 25.1 Å². The van der Waals surface area contributed by atoms with Crippen LogP contribution in [0.15, 0.2) is 59.7 Å². The molecule has 0 spiro atoms. The van der Waals surface area contributed by atoms with E-state index in [1.54, 1.807) is 32.7 Å². The van der Waals surface area contributed by atoms with Gasteiger partial charge in [-0.25, -0.2) is 14.2 Å². The van der Waals surface area contributed by atoms with E-state index < -0.39 is 34.9 Å². The van der Waals surface area contributed by atoms with Gasteiger partial charge in [-0.15, -0.1) is 0 Å². The second kappa shape index (κ2) is 10.8. The average molecular weight is 525 g/mol. The first-order valence-corrected chi connectivity index (χ1v) is 12.5. The van der Waals surface area contributed by atoms with Gasteiger partial charge in [-0.05, 0) is 57.0 Å². The lowest BCUT2D eigenvalue weighted by atomic mass is 9.73. The molecule has 1 saturated heterocycles. The predicted molar refractivity (Wildman–Crippen MR) is 139 cm³/mol. The van der Waals surface area contributed by atoms with E-state index in [1.807, 2.05) is 30.3 Å². The number of amides is 3. The highest BCUT2D eigenvalue weighted by Crippen LogP contribution is 2.38. The van der Waals surface area contributed by atoms with Gasteiger partial charge in [-0.3, -0.25) is 9.59 Å². The molecule has 2 aromatic carbocycles. The van der Waals surface area contributed by atoms with E-state index in [0.717, 1.165) is 11.3 Å². The summed E-state index contributed by atoms with van der Waals surface area (Å²) in [4.78, 5) is 41.4. The summed E-state index contributed by atoms with van der Waals surface area (Å²) in [5.41, 5.74) is -0.0523. The summed E-state index contributed by atoms with van der Waals surface area (Å²) in [5, 5.41) is 8.45. The zero-order valence-electron chi connectivity index (χ0n) is 22.1. The van der Waals surface area contributed by atoms with Crippen LogP contribution in [0.5, 0.6) is 5.75 Å². The summed E-state index contributed by atoms with van der Waals surface area (Å²) < 4.78 is 24.4. The third kappa shape index (κ3) is 6.12. The van der Waals surface area contributed by atoms with Crippen LogP contribution < -0.4 is 10.1 Å². The predicted octanol–water partition coefficient (Wildman–Crippen LogP) is 3.39. The number of fused-ring (bicyclic) bond motifs is 1. The fourth-order valence-electron chi connectivity index (χ4n) is 4.77. The van der Waals surface area contributed by atoms with Crippen molar-refractivity contribution < 1.29 is 28.2 Å². The molecule has 2 heterocycles. The van der Waals surface area contributed by atoms with E-state index in [9.17, 15) is 18.8 Å². The minimum Gasteiger partial charge on any atom is -0.491 e. The summed E-state index contributed by atoms with van der Waals surface area (Å²) >= 11 is 0. The summed E-state index contributed by atoms with van der Waals surface area (Å²) in [5.74, 6) is -0.658. The average Bonchev–Trinajstić information content (AvgIpc) is 3.10. The summed E-state index contributed by atoms with van der Waals surface area (Å²) in [6.07, 6.45) is 0.0520. The van der Waals surface area contributed by atoms with Gasteiger partial charge in [0.1, 0.15) is 35.2 Å². The highest BCUT2D eigenvalue weighted by molar-refractivity contribution is 6.13. The summed E-state index contributed by atoms with van der Waals surface area (Å²) in [6.45, 7) is 5.41. The van der Waals surface area contributed by atoms with Gasteiger partial charge in [0.05, 0.1) is 5.71 Å². The monoisotopic (exact) mass is 524 g/mol. The van der Waals surface area contributed by atoms with Crippen molar-refractivity contribution in [2.75, 3.05) is 26.7 Å². The molecular formula is C28H33FN4O5. The zero-order chi connectivity index (χ0) is 27.5. The molecule has 2 aliphatic heterocycles. The molecule has 0 bridgehead atoms. The van der Waals surface area contributed by atoms with Crippen LogP contribution >= 0.6 is 0 Å². The standard InChI is InChI=1S/C28H33FN4O5/c1-27(2,3)38-26(36)30-22(17-37-21-12-10-20(29)11-13-21)24(34)33-15-14-23-28(18-33,25(35)32(4)31-23)16-19-8-6-5-7-9-19/h5-13,22H,14-18H2,1-4H3,(H,30,36)/t22?,28-/m1/s1. The number of halogens is 1. The lowest BCUT2D eigenvalue weighted by molar-refractivity contribution is -0.141. The Morgan fingerprint density at radius 3 is 2.47 bits per heavy atom. The van der Waals surface area contributed by atoms with Gasteiger partial charge in [-0.1, -0.05) is 30.3 Å². The Labute approximate surface area is 221 Å². The molecule has 9 nitrogen and oxygen atoms in total. The van der Waals surface area contributed by atoms with Crippen molar-refractivity contribution in [2.45, 2.75) is 45.3 Å². The fourth-order valence-corrected chi connectivity index (χ4v) is 4.77. The van der Waals surface area contributed by atoms with E-state index in [-0.39, 0.29) is 19.1 Å². The van der Waals surface area contributed by atoms with Crippen LogP contribution in [0.25, 0.3) is 0 Å². The number of carbonyl (C=O) groups excluding carboxylic acids is 3. The molecule has 38 heavy (non-hydrogen) atoms. The number of hydrogen-bond acceptors (Lipinski definition) is 6. The number of carbonyl (C=O) groups is 3. The molecule has 1 fully saturated rings. The number of ether oxygens (including phenoxy) is 2. The first kappa shape index (κ1) is 27.1. The topological polar surface area (TPSA) is 101 Å². The van der Waals surface area contributed by atoms with Crippen LogP contribution in [0.2, 0.25) is 0 Å². The van der Waals surface area contributed by atoms with Crippen LogP contribution in [0.4, 0.5) is 9.18 Å². The molecular weight excluding hydrogens is 491 g/mol. The molecule has 2 aliphatic rings. The zero-order valence-corrected chi connectivity index (χ0v) is 22.1. The number of benzene rings is 2. The van der Waals surface area contributed by atoms with Crippen molar-refractivity contribution in [1.29, 1.82) is 0 Å². The summed E-state index contributed by atoms with van der Waals surface area (Å²) in [6, 6.07) is 13.9. The van der Waals surface area contributed by atoms with Crippen molar-refractivity contribution in [3.05, 3.63) is 66.0 Å². The third-order valence-corrected chi connectivity index (χ3v) is 6.49. The normalized spacial score (nSPS) is 19.9. The second-order valence-corrected chi connectivity index (χ2v) is 10.6. The Morgan fingerprint density at radius 2 is 1.82 bits per heavy atom. The first-order valence-electron chi connectivity index (χ1n) is 12.5. The van der Waals surface area contributed by atoms with Crippen LogP contribution in [-0.4, -0.2) is 71.9 Å². The summed E-state index contributed by atoms with van der Waals surface area (Å²) in [7, 11) is 1.62. The number of likely N-dealkylation sites (tertiary alicyclic amines) is 1. The molecule has 1 N–H and O–H groups in total. The van der Waals surface area contributed by atoms with Crippen molar-refractivity contribution >= 4 is 23.6 Å². The quantitative estimate of drug-likeness (QED) is 0.599. The van der Waals surface area contributed by atoms with Crippen LogP contribution in [0, 0.1) is 11.2 Å². The third-order valence-electron chi connectivity index (χ3n) is 6.49. The Hall–Kier alpha value is -3.95. The SMILES string of the molecule is CN1N=C2CCN(C(=O)C(COc3ccc(F)cc3)NC(=O)OC(C)(C)C)C[C@@]2(Cc2ccccc2)C1=O. The molecule has 3 amide bonds. The maximum Gasteiger partial charge on any atom is 0.408 e. The number of alkyl carbamates (subject to hydrolysis) is 1.